The third-order valence-corrected chi connectivity index (χ3v) is 5.81. The maximum Gasteiger partial charge on any atom is 0.255 e. The van der Waals surface area contributed by atoms with E-state index in [0.29, 0.717) is 22.9 Å². The van der Waals surface area contributed by atoms with Gasteiger partial charge in [-0.1, -0.05) is 66.2 Å². The fourth-order valence-electron chi connectivity index (χ4n) is 3.96. The molecular formula is C31H27N5O. The summed E-state index contributed by atoms with van der Waals surface area (Å²) in [6.07, 6.45) is 0. The molecule has 182 valence electrons. The number of carbonyl (C=O) groups excluding carboxylic acids is 1. The number of rotatable bonds is 7. The van der Waals surface area contributed by atoms with E-state index >= 15 is 0 Å². The van der Waals surface area contributed by atoms with E-state index in [9.17, 15) is 4.79 Å². The molecule has 0 saturated heterocycles. The molecule has 0 aliphatic carbocycles. The molecule has 1 heterocycles. The first-order valence-corrected chi connectivity index (χ1v) is 12.1. The molecular weight excluding hydrogens is 458 g/mol. The number of nitrogens with zero attached hydrogens (tertiary/aromatic N) is 2. The summed E-state index contributed by atoms with van der Waals surface area (Å²) in [5.41, 5.74) is 6.80. The Hall–Kier alpha value is -4.97. The highest BCUT2D eigenvalue weighted by atomic mass is 16.1. The van der Waals surface area contributed by atoms with Gasteiger partial charge < -0.3 is 16.0 Å². The smallest absolute Gasteiger partial charge is 0.255 e. The van der Waals surface area contributed by atoms with Crippen LogP contribution in [-0.2, 0) is 0 Å². The zero-order valence-corrected chi connectivity index (χ0v) is 20.7. The number of hydrogen-bond donors (Lipinski definition) is 3. The Balaban J connectivity index is 1.33. The Labute approximate surface area is 216 Å². The zero-order chi connectivity index (χ0) is 25.6. The Morgan fingerprint density at radius 2 is 1.38 bits per heavy atom. The largest absolute Gasteiger partial charge is 0.354 e. The Morgan fingerprint density at radius 3 is 2.16 bits per heavy atom. The Bertz CT molecular complexity index is 1530. The number of benzene rings is 4. The molecule has 0 bridgehead atoms. The van der Waals surface area contributed by atoms with Crippen LogP contribution in [0.4, 0.5) is 28.6 Å². The van der Waals surface area contributed by atoms with Crippen LogP contribution in [0.3, 0.4) is 0 Å². The average Bonchev–Trinajstić information content (AvgIpc) is 2.91. The van der Waals surface area contributed by atoms with Gasteiger partial charge in [-0.25, -0.2) is 9.97 Å². The molecule has 4 aromatic carbocycles. The second-order valence-electron chi connectivity index (χ2n) is 8.75. The lowest BCUT2D eigenvalue weighted by molar-refractivity contribution is 0.102. The molecule has 3 N–H and O–H groups in total. The van der Waals surface area contributed by atoms with E-state index in [1.54, 1.807) is 6.07 Å². The van der Waals surface area contributed by atoms with Gasteiger partial charge in [-0.2, -0.15) is 0 Å². The lowest BCUT2D eigenvalue weighted by Gasteiger charge is -2.14. The summed E-state index contributed by atoms with van der Waals surface area (Å²) in [6, 6.07) is 35.0. The van der Waals surface area contributed by atoms with Crippen molar-refractivity contribution < 1.29 is 4.79 Å². The van der Waals surface area contributed by atoms with Gasteiger partial charge in [0.2, 0.25) is 0 Å². The summed E-state index contributed by atoms with van der Waals surface area (Å²) in [6.45, 7) is 3.92. The van der Waals surface area contributed by atoms with Gasteiger partial charge in [0.05, 0.1) is 17.1 Å². The van der Waals surface area contributed by atoms with E-state index in [1.807, 2.05) is 110 Å². The average molecular weight is 486 g/mol. The molecule has 5 aromatic rings. The van der Waals surface area contributed by atoms with Crippen LogP contribution < -0.4 is 16.0 Å². The second kappa shape index (κ2) is 10.7. The maximum atomic E-state index is 13.2. The second-order valence-corrected chi connectivity index (χ2v) is 8.75. The third-order valence-electron chi connectivity index (χ3n) is 5.81. The van der Waals surface area contributed by atoms with Gasteiger partial charge in [-0.3, -0.25) is 4.79 Å². The van der Waals surface area contributed by atoms with Crippen molar-refractivity contribution in [2.75, 3.05) is 16.0 Å². The first-order valence-electron chi connectivity index (χ1n) is 12.1. The van der Waals surface area contributed by atoms with Crippen molar-refractivity contribution in [3.05, 3.63) is 126 Å². The Kier molecular flexibility index (Phi) is 6.90. The standard InChI is InChI=1S/C31H27N5O/c1-21-15-17-25(18-16-21)34-27-13-6-7-14-28(27)36-31(37)24-11-8-12-26(19-24)35-30-20-29(32-22(2)33-30)23-9-4-3-5-10-23/h3-20,34H,1-2H3,(H,36,37)(H,32,33,35). The van der Waals surface area contributed by atoms with E-state index in [4.69, 9.17) is 0 Å². The van der Waals surface area contributed by atoms with Crippen molar-refractivity contribution in [3.8, 4) is 11.3 Å². The molecule has 6 nitrogen and oxygen atoms in total. The van der Waals surface area contributed by atoms with Gasteiger partial charge >= 0.3 is 0 Å². The highest BCUT2D eigenvalue weighted by molar-refractivity contribution is 6.06. The minimum atomic E-state index is -0.203. The van der Waals surface area contributed by atoms with Gasteiger partial charge in [0.25, 0.3) is 5.91 Å². The van der Waals surface area contributed by atoms with Crippen LogP contribution >= 0.6 is 0 Å². The summed E-state index contributed by atoms with van der Waals surface area (Å²) in [4.78, 5) is 22.3. The van der Waals surface area contributed by atoms with Gasteiger partial charge in [0.15, 0.2) is 0 Å². The molecule has 0 unspecified atom stereocenters. The first kappa shape index (κ1) is 23.8. The van der Waals surface area contributed by atoms with Gasteiger partial charge in [0.1, 0.15) is 11.6 Å². The van der Waals surface area contributed by atoms with Crippen LogP contribution in [0, 0.1) is 13.8 Å². The molecule has 0 fully saturated rings. The van der Waals surface area contributed by atoms with E-state index in [0.717, 1.165) is 28.3 Å². The molecule has 0 aliphatic heterocycles. The minimum Gasteiger partial charge on any atom is -0.354 e. The van der Waals surface area contributed by atoms with Gasteiger partial charge in [0, 0.05) is 28.6 Å². The lowest BCUT2D eigenvalue weighted by atomic mass is 10.1. The highest BCUT2D eigenvalue weighted by Crippen LogP contribution is 2.27. The number of carbonyl (C=O) groups is 1. The number of para-hydroxylation sites is 2. The molecule has 0 saturated carbocycles. The van der Waals surface area contributed by atoms with Crippen molar-refractivity contribution >= 4 is 34.5 Å². The predicted octanol–water partition coefficient (Wildman–Crippen LogP) is 7.50. The Morgan fingerprint density at radius 1 is 0.649 bits per heavy atom. The summed E-state index contributed by atoms with van der Waals surface area (Å²) < 4.78 is 0. The quantitative estimate of drug-likeness (QED) is 0.222. The van der Waals surface area contributed by atoms with Crippen LogP contribution in [0.2, 0.25) is 0 Å². The van der Waals surface area contributed by atoms with Gasteiger partial charge in [-0.05, 0) is 56.3 Å². The molecule has 0 radical (unpaired) electrons. The number of hydrogen-bond acceptors (Lipinski definition) is 5. The minimum absolute atomic E-state index is 0.203. The number of aryl methyl sites for hydroxylation is 2. The number of amides is 1. The van der Waals surface area contributed by atoms with E-state index in [2.05, 4.69) is 32.8 Å². The van der Waals surface area contributed by atoms with Crippen LogP contribution in [0.25, 0.3) is 11.3 Å². The number of aromatic nitrogens is 2. The van der Waals surface area contributed by atoms with E-state index in [-0.39, 0.29) is 5.91 Å². The van der Waals surface area contributed by atoms with Crippen molar-refractivity contribution in [1.29, 1.82) is 0 Å². The fourth-order valence-corrected chi connectivity index (χ4v) is 3.96. The molecule has 1 amide bonds. The maximum absolute atomic E-state index is 13.2. The van der Waals surface area contributed by atoms with Gasteiger partial charge in [-0.15, -0.1) is 0 Å². The number of nitrogens with one attached hydrogen (secondary N) is 3. The lowest BCUT2D eigenvalue weighted by Crippen LogP contribution is -2.13. The summed E-state index contributed by atoms with van der Waals surface area (Å²) in [5.74, 6) is 1.12. The summed E-state index contributed by atoms with van der Waals surface area (Å²) in [5, 5.41) is 9.74. The van der Waals surface area contributed by atoms with Crippen LogP contribution in [0.1, 0.15) is 21.7 Å². The van der Waals surface area contributed by atoms with Crippen molar-refractivity contribution in [2.45, 2.75) is 13.8 Å². The SMILES string of the molecule is Cc1ccc(Nc2ccccc2NC(=O)c2cccc(Nc3cc(-c4ccccc4)nc(C)n3)c2)cc1. The summed E-state index contributed by atoms with van der Waals surface area (Å²) in [7, 11) is 0. The first-order chi connectivity index (χ1) is 18.0. The fraction of sp³-hybridized carbons (Fsp3) is 0.0645. The van der Waals surface area contributed by atoms with E-state index in [1.165, 1.54) is 5.56 Å². The van der Waals surface area contributed by atoms with Crippen LogP contribution in [0.5, 0.6) is 0 Å². The molecule has 5 rings (SSSR count). The highest BCUT2D eigenvalue weighted by Gasteiger charge is 2.11. The normalized spacial score (nSPS) is 10.5. The van der Waals surface area contributed by atoms with Crippen LogP contribution in [-0.4, -0.2) is 15.9 Å². The molecule has 0 spiro atoms. The molecule has 0 aliphatic rings. The van der Waals surface area contributed by atoms with Crippen molar-refractivity contribution in [3.63, 3.8) is 0 Å². The molecule has 0 atom stereocenters. The zero-order valence-electron chi connectivity index (χ0n) is 20.7. The third kappa shape index (κ3) is 6.00. The predicted molar refractivity (Wildman–Crippen MR) is 151 cm³/mol. The monoisotopic (exact) mass is 485 g/mol. The van der Waals surface area contributed by atoms with Crippen molar-refractivity contribution in [1.82, 2.24) is 9.97 Å². The summed E-state index contributed by atoms with van der Waals surface area (Å²) >= 11 is 0. The molecule has 6 heteroatoms. The van der Waals surface area contributed by atoms with Crippen molar-refractivity contribution in [2.24, 2.45) is 0 Å². The van der Waals surface area contributed by atoms with E-state index < -0.39 is 0 Å². The topological polar surface area (TPSA) is 78.9 Å². The van der Waals surface area contributed by atoms with Crippen LogP contribution in [0.15, 0.2) is 109 Å². The molecule has 37 heavy (non-hydrogen) atoms. The number of anilines is 5. The molecule has 1 aromatic heterocycles.